The van der Waals surface area contributed by atoms with Gasteiger partial charge in [-0.25, -0.2) is 0 Å². The number of aromatic nitrogens is 2. The number of hydrogen-bond acceptors (Lipinski definition) is 4. The molecule has 94 valence electrons. The Bertz CT molecular complexity index is 515. The summed E-state index contributed by atoms with van der Waals surface area (Å²) in [6.45, 7) is 3.75. The first kappa shape index (κ1) is 12.5. The molecule has 4 nitrogen and oxygen atoms in total. The van der Waals surface area contributed by atoms with Gasteiger partial charge in [0.15, 0.2) is 0 Å². The van der Waals surface area contributed by atoms with Crippen molar-refractivity contribution in [2.45, 2.75) is 19.4 Å². The van der Waals surface area contributed by atoms with Gasteiger partial charge in [-0.1, -0.05) is 18.2 Å². The van der Waals surface area contributed by atoms with E-state index in [-0.39, 0.29) is 6.61 Å². The van der Waals surface area contributed by atoms with E-state index in [1.165, 1.54) is 0 Å². The Morgan fingerprint density at radius 3 is 2.44 bits per heavy atom. The molecule has 0 spiro atoms. The SMILES string of the molecule is Cc1nccnc1C(C)(CO)Nc1ccccc1. The van der Waals surface area contributed by atoms with Gasteiger partial charge in [-0.2, -0.15) is 0 Å². The van der Waals surface area contributed by atoms with Crippen LogP contribution in [0.5, 0.6) is 0 Å². The number of benzene rings is 1. The van der Waals surface area contributed by atoms with Crippen LogP contribution in [0.4, 0.5) is 5.69 Å². The molecule has 0 fully saturated rings. The topological polar surface area (TPSA) is 58.0 Å². The van der Waals surface area contributed by atoms with Crippen LogP contribution in [0.2, 0.25) is 0 Å². The third kappa shape index (κ3) is 2.49. The minimum Gasteiger partial charge on any atom is -0.394 e. The van der Waals surface area contributed by atoms with Gasteiger partial charge in [-0.05, 0) is 26.0 Å². The number of aliphatic hydroxyl groups excluding tert-OH is 1. The Hall–Kier alpha value is -1.94. The maximum atomic E-state index is 9.69. The number of hydrogen-bond donors (Lipinski definition) is 2. The molecule has 2 aromatic rings. The standard InChI is InChI=1S/C14H17N3O/c1-11-13(16-9-8-15-11)14(2,10-18)17-12-6-4-3-5-7-12/h3-9,17-18H,10H2,1-2H3. The normalized spacial score (nSPS) is 13.9. The summed E-state index contributed by atoms with van der Waals surface area (Å²) in [7, 11) is 0. The number of para-hydroxylation sites is 1. The molecule has 0 saturated carbocycles. The number of nitrogens with zero attached hydrogens (tertiary/aromatic N) is 2. The fourth-order valence-electron chi connectivity index (χ4n) is 1.96. The minimum absolute atomic E-state index is 0.0541. The average Bonchev–Trinajstić information content (AvgIpc) is 2.40. The van der Waals surface area contributed by atoms with Crippen LogP contribution in [0, 0.1) is 6.92 Å². The highest BCUT2D eigenvalue weighted by Crippen LogP contribution is 2.25. The van der Waals surface area contributed by atoms with E-state index in [1.54, 1.807) is 12.4 Å². The second-order valence-electron chi connectivity index (χ2n) is 4.47. The molecule has 2 rings (SSSR count). The zero-order valence-corrected chi connectivity index (χ0v) is 10.6. The highest BCUT2D eigenvalue weighted by atomic mass is 16.3. The van der Waals surface area contributed by atoms with E-state index >= 15 is 0 Å². The lowest BCUT2D eigenvalue weighted by Gasteiger charge is -2.30. The fourth-order valence-corrected chi connectivity index (χ4v) is 1.96. The van der Waals surface area contributed by atoms with Crippen LogP contribution in [-0.2, 0) is 5.54 Å². The average molecular weight is 243 g/mol. The lowest BCUT2D eigenvalue weighted by Crippen LogP contribution is -2.37. The molecular weight excluding hydrogens is 226 g/mol. The fraction of sp³-hybridized carbons (Fsp3) is 0.286. The molecule has 0 aliphatic rings. The van der Waals surface area contributed by atoms with Gasteiger partial charge in [0.25, 0.3) is 0 Å². The molecule has 0 bridgehead atoms. The number of nitrogens with one attached hydrogen (secondary N) is 1. The van der Waals surface area contributed by atoms with Gasteiger partial charge < -0.3 is 10.4 Å². The molecule has 2 N–H and O–H groups in total. The summed E-state index contributed by atoms with van der Waals surface area (Å²) >= 11 is 0. The van der Waals surface area contributed by atoms with Crippen molar-refractivity contribution in [2.75, 3.05) is 11.9 Å². The number of anilines is 1. The van der Waals surface area contributed by atoms with E-state index in [0.717, 1.165) is 17.1 Å². The lowest BCUT2D eigenvalue weighted by molar-refractivity contribution is 0.220. The summed E-state index contributed by atoms with van der Waals surface area (Å²) in [6, 6.07) is 9.77. The largest absolute Gasteiger partial charge is 0.394 e. The number of rotatable bonds is 4. The van der Waals surface area contributed by atoms with Crippen LogP contribution >= 0.6 is 0 Å². The summed E-state index contributed by atoms with van der Waals surface area (Å²) in [5.74, 6) is 0. The maximum absolute atomic E-state index is 9.69. The van der Waals surface area contributed by atoms with Crippen LogP contribution in [0.3, 0.4) is 0 Å². The molecule has 4 heteroatoms. The highest BCUT2D eigenvalue weighted by molar-refractivity contribution is 5.47. The molecule has 0 radical (unpaired) electrons. The van der Waals surface area contributed by atoms with Crippen LogP contribution in [0.1, 0.15) is 18.3 Å². The van der Waals surface area contributed by atoms with E-state index in [9.17, 15) is 5.11 Å². The summed E-state index contributed by atoms with van der Waals surface area (Å²) in [5.41, 5.74) is 1.88. The van der Waals surface area contributed by atoms with Crippen molar-refractivity contribution >= 4 is 5.69 Å². The van der Waals surface area contributed by atoms with Crippen LogP contribution in [-0.4, -0.2) is 21.7 Å². The minimum atomic E-state index is -0.639. The third-order valence-electron chi connectivity index (χ3n) is 2.91. The van der Waals surface area contributed by atoms with Crippen molar-refractivity contribution in [1.82, 2.24) is 9.97 Å². The summed E-state index contributed by atoms with van der Waals surface area (Å²) in [5, 5.41) is 13.0. The Labute approximate surface area is 107 Å². The summed E-state index contributed by atoms with van der Waals surface area (Å²) < 4.78 is 0. The van der Waals surface area contributed by atoms with Gasteiger partial charge in [0.1, 0.15) is 5.54 Å². The van der Waals surface area contributed by atoms with Crippen molar-refractivity contribution in [3.63, 3.8) is 0 Å². The third-order valence-corrected chi connectivity index (χ3v) is 2.91. The Balaban J connectivity index is 2.34. The lowest BCUT2D eigenvalue weighted by atomic mass is 9.96. The van der Waals surface area contributed by atoms with Crippen LogP contribution in [0.25, 0.3) is 0 Å². The number of aliphatic hydroxyl groups is 1. The van der Waals surface area contributed by atoms with Crippen molar-refractivity contribution in [3.05, 3.63) is 54.1 Å². The molecular formula is C14H17N3O. The van der Waals surface area contributed by atoms with E-state index < -0.39 is 5.54 Å². The quantitative estimate of drug-likeness (QED) is 0.863. The Morgan fingerprint density at radius 1 is 1.17 bits per heavy atom. The van der Waals surface area contributed by atoms with Gasteiger partial charge in [-0.15, -0.1) is 0 Å². The number of aryl methyl sites for hydroxylation is 1. The molecule has 0 saturated heterocycles. The summed E-state index contributed by atoms with van der Waals surface area (Å²) in [6.07, 6.45) is 3.29. The van der Waals surface area contributed by atoms with Crippen LogP contribution in [0.15, 0.2) is 42.7 Å². The smallest absolute Gasteiger partial charge is 0.102 e. The van der Waals surface area contributed by atoms with E-state index in [1.807, 2.05) is 44.2 Å². The van der Waals surface area contributed by atoms with Gasteiger partial charge in [-0.3, -0.25) is 9.97 Å². The molecule has 18 heavy (non-hydrogen) atoms. The van der Waals surface area contributed by atoms with Crippen LogP contribution < -0.4 is 5.32 Å². The van der Waals surface area contributed by atoms with E-state index in [2.05, 4.69) is 15.3 Å². The predicted octanol–water partition coefficient (Wildman–Crippen LogP) is 2.10. The van der Waals surface area contributed by atoms with E-state index in [4.69, 9.17) is 0 Å². The first-order chi connectivity index (χ1) is 8.65. The Kier molecular flexibility index (Phi) is 3.58. The first-order valence-electron chi connectivity index (χ1n) is 5.88. The molecule has 1 heterocycles. The summed E-state index contributed by atoms with van der Waals surface area (Å²) in [4.78, 5) is 8.55. The van der Waals surface area contributed by atoms with Crippen molar-refractivity contribution < 1.29 is 5.11 Å². The molecule has 1 aromatic heterocycles. The van der Waals surface area contributed by atoms with Gasteiger partial charge in [0.2, 0.25) is 0 Å². The van der Waals surface area contributed by atoms with Crippen molar-refractivity contribution in [2.24, 2.45) is 0 Å². The zero-order valence-electron chi connectivity index (χ0n) is 10.6. The predicted molar refractivity (Wildman–Crippen MR) is 71.3 cm³/mol. The molecule has 1 atom stereocenters. The second kappa shape index (κ2) is 5.14. The second-order valence-corrected chi connectivity index (χ2v) is 4.47. The highest BCUT2D eigenvalue weighted by Gasteiger charge is 2.29. The Morgan fingerprint density at radius 2 is 1.83 bits per heavy atom. The maximum Gasteiger partial charge on any atom is 0.102 e. The van der Waals surface area contributed by atoms with Crippen molar-refractivity contribution in [3.8, 4) is 0 Å². The van der Waals surface area contributed by atoms with Crippen molar-refractivity contribution in [1.29, 1.82) is 0 Å². The molecule has 0 amide bonds. The van der Waals surface area contributed by atoms with Gasteiger partial charge in [0, 0.05) is 18.1 Å². The molecule has 0 aliphatic carbocycles. The first-order valence-corrected chi connectivity index (χ1v) is 5.88. The molecule has 1 unspecified atom stereocenters. The molecule has 0 aliphatic heterocycles. The zero-order chi connectivity index (χ0) is 13.0. The van der Waals surface area contributed by atoms with Gasteiger partial charge >= 0.3 is 0 Å². The monoisotopic (exact) mass is 243 g/mol. The van der Waals surface area contributed by atoms with Gasteiger partial charge in [0.05, 0.1) is 18.0 Å². The van der Waals surface area contributed by atoms with E-state index in [0.29, 0.717) is 0 Å². The molecule has 1 aromatic carbocycles.